The van der Waals surface area contributed by atoms with E-state index in [1.165, 1.54) is 6.42 Å². The van der Waals surface area contributed by atoms with Crippen molar-refractivity contribution in [1.82, 2.24) is 10.2 Å². The second-order valence-corrected chi connectivity index (χ2v) is 4.91. The summed E-state index contributed by atoms with van der Waals surface area (Å²) in [6.45, 7) is 3.20. The Labute approximate surface area is 108 Å². The van der Waals surface area contributed by atoms with E-state index in [-0.39, 0.29) is 23.7 Å². The summed E-state index contributed by atoms with van der Waals surface area (Å²) in [5.41, 5.74) is 0. The first-order valence-corrected chi connectivity index (χ1v) is 6.32. The first kappa shape index (κ1) is 14.2. The molecule has 2 saturated heterocycles. The number of rotatable bonds is 2. The number of hydrogen-bond donors (Lipinski definition) is 1. The van der Waals surface area contributed by atoms with Gasteiger partial charge in [-0.2, -0.15) is 0 Å². The number of carbonyl (C=O) groups is 1. The van der Waals surface area contributed by atoms with E-state index in [9.17, 15) is 4.79 Å². The molecule has 2 rings (SSSR count). The van der Waals surface area contributed by atoms with E-state index in [2.05, 4.69) is 10.2 Å². The third kappa shape index (κ3) is 3.33. The fourth-order valence-corrected chi connectivity index (χ4v) is 3.01. The normalized spacial score (nSPS) is 28.4. The van der Waals surface area contributed by atoms with Gasteiger partial charge in [-0.15, -0.1) is 12.4 Å². The monoisotopic (exact) mass is 266 g/mol. The average molecular weight is 267 g/mol. The van der Waals surface area contributed by atoms with Gasteiger partial charge in [0.25, 0.3) is 0 Å². The maximum Gasteiger partial charge on any atom is 0.238 e. The molecule has 1 unspecified atom stereocenters. The van der Waals surface area contributed by atoms with Crippen molar-refractivity contribution >= 4 is 29.3 Å². The Morgan fingerprint density at radius 3 is 2.50 bits per heavy atom. The van der Waals surface area contributed by atoms with Gasteiger partial charge in [0.1, 0.15) is 0 Å². The molecule has 0 radical (unpaired) electrons. The summed E-state index contributed by atoms with van der Waals surface area (Å²) in [5.74, 6) is 0. The van der Waals surface area contributed by atoms with Gasteiger partial charge in [-0.05, 0) is 56.9 Å². The van der Waals surface area contributed by atoms with Crippen LogP contribution in [0.25, 0.3) is 0 Å². The summed E-state index contributed by atoms with van der Waals surface area (Å²) in [6, 6.07) is 0.558. The zero-order valence-electron chi connectivity index (χ0n) is 9.45. The number of nitrogens with one attached hydrogen (secondary N) is 1. The molecule has 0 amide bonds. The molecule has 0 bridgehead atoms. The quantitative estimate of drug-likeness (QED) is 0.774. The highest BCUT2D eigenvalue weighted by Crippen LogP contribution is 2.24. The Hall–Kier alpha value is 0.170. The molecular weight excluding hydrogens is 247 g/mol. The van der Waals surface area contributed by atoms with E-state index >= 15 is 0 Å². The highest BCUT2D eigenvalue weighted by atomic mass is 35.5. The van der Waals surface area contributed by atoms with Gasteiger partial charge in [-0.1, -0.05) is 6.42 Å². The van der Waals surface area contributed by atoms with E-state index in [1.54, 1.807) is 0 Å². The Kier molecular flexibility index (Phi) is 6.05. The largest absolute Gasteiger partial charge is 0.317 e. The molecule has 2 heterocycles. The number of nitrogens with zero attached hydrogens (tertiary/aromatic N) is 1. The van der Waals surface area contributed by atoms with Crippen LogP contribution in [0.15, 0.2) is 0 Å². The third-order valence-electron chi connectivity index (χ3n) is 3.58. The first-order valence-electron chi connectivity index (χ1n) is 5.95. The van der Waals surface area contributed by atoms with Crippen LogP contribution in [0.3, 0.4) is 0 Å². The topological polar surface area (TPSA) is 32.3 Å². The average Bonchev–Trinajstić information content (AvgIpc) is 2.30. The number of piperidine rings is 2. The molecule has 0 aliphatic carbocycles. The van der Waals surface area contributed by atoms with E-state index in [1.807, 2.05) is 0 Å². The molecule has 1 N–H and O–H groups in total. The van der Waals surface area contributed by atoms with E-state index in [0.717, 1.165) is 45.3 Å². The molecule has 0 aromatic carbocycles. The summed E-state index contributed by atoms with van der Waals surface area (Å²) in [5, 5.41) is 3.19. The Morgan fingerprint density at radius 1 is 1.19 bits per heavy atom. The SMILES string of the molecule is Cl.O=C(Cl)C1CCCCN1C1CCNCC1. The predicted molar refractivity (Wildman–Crippen MR) is 68.3 cm³/mol. The van der Waals surface area contributed by atoms with Crippen molar-refractivity contribution in [2.24, 2.45) is 0 Å². The smallest absolute Gasteiger partial charge is 0.238 e. The van der Waals surface area contributed by atoms with Crippen LogP contribution in [-0.2, 0) is 4.79 Å². The number of carbonyl (C=O) groups excluding carboxylic acids is 1. The van der Waals surface area contributed by atoms with Gasteiger partial charge in [-0.25, -0.2) is 0 Å². The van der Waals surface area contributed by atoms with Gasteiger partial charge in [0.15, 0.2) is 0 Å². The van der Waals surface area contributed by atoms with E-state index in [0.29, 0.717) is 6.04 Å². The summed E-state index contributed by atoms with van der Waals surface area (Å²) < 4.78 is 0. The molecule has 94 valence electrons. The van der Waals surface area contributed by atoms with Crippen LogP contribution in [0.1, 0.15) is 32.1 Å². The third-order valence-corrected chi connectivity index (χ3v) is 3.84. The Bertz CT molecular complexity index is 232. The highest BCUT2D eigenvalue weighted by Gasteiger charge is 2.32. The van der Waals surface area contributed by atoms with Gasteiger partial charge in [0.05, 0.1) is 6.04 Å². The van der Waals surface area contributed by atoms with Gasteiger partial charge >= 0.3 is 0 Å². The maximum atomic E-state index is 11.4. The minimum atomic E-state index is -0.159. The summed E-state index contributed by atoms with van der Waals surface area (Å²) in [4.78, 5) is 13.7. The fraction of sp³-hybridized carbons (Fsp3) is 0.909. The molecule has 0 aromatic heterocycles. The van der Waals surface area contributed by atoms with Crippen molar-refractivity contribution in [3.8, 4) is 0 Å². The lowest BCUT2D eigenvalue weighted by Gasteiger charge is -2.41. The Morgan fingerprint density at radius 2 is 1.88 bits per heavy atom. The second-order valence-electron chi connectivity index (χ2n) is 4.53. The molecule has 0 spiro atoms. The van der Waals surface area contributed by atoms with Crippen molar-refractivity contribution < 1.29 is 4.79 Å². The van der Waals surface area contributed by atoms with Crippen LogP contribution in [-0.4, -0.2) is 41.9 Å². The van der Waals surface area contributed by atoms with Crippen molar-refractivity contribution in [3.63, 3.8) is 0 Å². The lowest BCUT2D eigenvalue weighted by Crippen LogP contribution is -2.52. The summed E-state index contributed by atoms with van der Waals surface area (Å²) in [6.07, 6.45) is 5.61. The van der Waals surface area contributed by atoms with Gasteiger partial charge in [0.2, 0.25) is 5.24 Å². The van der Waals surface area contributed by atoms with Crippen LogP contribution in [0.5, 0.6) is 0 Å². The van der Waals surface area contributed by atoms with Crippen LogP contribution in [0, 0.1) is 0 Å². The molecule has 2 fully saturated rings. The molecular formula is C11H20Cl2N2O. The van der Waals surface area contributed by atoms with Crippen LogP contribution in [0.4, 0.5) is 0 Å². The minimum absolute atomic E-state index is 0. The maximum absolute atomic E-state index is 11.4. The molecule has 0 saturated carbocycles. The molecule has 16 heavy (non-hydrogen) atoms. The minimum Gasteiger partial charge on any atom is -0.317 e. The summed E-state index contributed by atoms with van der Waals surface area (Å²) in [7, 11) is 0. The standard InChI is InChI=1S/C11H19ClN2O.ClH/c12-11(15)10-3-1-2-8-14(10)9-4-6-13-7-5-9;/h9-10,13H,1-8H2;1H. The highest BCUT2D eigenvalue weighted by molar-refractivity contribution is 6.64. The van der Waals surface area contributed by atoms with Gasteiger partial charge < -0.3 is 5.32 Å². The predicted octanol–water partition coefficient (Wildman–Crippen LogP) is 1.78. The zero-order chi connectivity index (χ0) is 10.7. The number of hydrogen-bond acceptors (Lipinski definition) is 3. The number of likely N-dealkylation sites (tertiary alicyclic amines) is 1. The summed E-state index contributed by atoms with van der Waals surface area (Å²) >= 11 is 5.67. The van der Waals surface area contributed by atoms with Crippen molar-refractivity contribution in [1.29, 1.82) is 0 Å². The second kappa shape index (κ2) is 6.80. The van der Waals surface area contributed by atoms with Gasteiger partial charge in [0, 0.05) is 6.04 Å². The van der Waals surface area contributed by atoms with Crippen molar-refractivity contribution in [2.75, 3.05) is 19.6 Å². The van der Waals surface area contributed by atoms with E-state index in [4.69, 9.17) is 11.6 Å². The molecule has 1 atom stereocenters. The molecule has 0 aromatic rings. The Balaban J connectivity index is 0.00000128. The van der Waals surface area contributed by atoms with E-state index < -0.39 is 0 Å². The van der Waals surface area contributed by atoms with Crippen molar-refractivity contribution in [3.05, 3.63) is 0 Å². The molecule has 2 aliphatic rings. The van der Waals surface area contributed by atoms with Crippen molar-refractivity contribution in [2.45, 2.75) is 44.2 Å². The fourth-order valence-electron chi connectivity index (χ4n) is 2.77. The number of halogens is 2. The van der Waals surface area contributed by atoms with Crippen LogP contribution in [0.2, 0.25) is 0 Å². The lowest BCUT2D eigenvalue weighted by molar-refractivity contribution is -0.119. The molecule has 5 heteroatoms. The molecule has 2 aliphatic heterocycles. The van der Waals surface area contributed by atoms with Gasteiger partial charge in [-0.3, -0.25) is 9.69 Å². The lowest BCUT2D eigenvalue weighted by atomic mass is 9.96. The molecule has 3 nitrogen and oxygen atoms in total. The zero-order valence-corrected chi connectivity index (χ0v) is 11.0. The first-order chi connectivity index (χ1) is 7.29. The van der Waals surface area contributed by atoms with Crippen LogP contribution < -0.4 is 5.32 Å². The van der Waals surface area contributed by atoms with Crippen LogP contribution >= 0.6 is 24.0 Å².